The molecule has 0 fully saturated rings. The second kappa shape index (κ2) is 14.8. The van der Waals surface area contributed by atoms with Crippen LogP contribution < -0.4 is 20.2 Å². The molecule has 2 aromatic carbocycles. The molecule has 1 atom stereocenters. The van der Waals surface area contributed by atoms with Gasteiger partial charge < -0.3 is 19.5 Å². The van der Waals surface area contributed by atoms with Crippen molar-refractivity contribution in [1.29, 1.82) is 0 Å². The Balaban J connectivity index is 2.11. The highest BCUT2D eigenvalue weighted by atomic mass is 79.9. The van der Waals surface area contributed by atoms with Crippen molar-refractivity contribution < 1.29 is 28.6 Å². The van der Waals surface area contributed by atoms with Crippen molar-refractivity contribution in [3.8, 4) is 11.5 Å². The smallest absolute Gasteiger partial charge is 0.344 e. The minimum Gasteiger partial charge on any atom is -0.490 e. The average molecular weight is 617 g/mol. The minimum absolute atomic E-state index is 0.226. The topological polar surface area (TPSA) is 115 Å². The van der Waals surface area contributed by atoms with Gasteiger partial charge in [-0.25, -0.2) is 10.2 Å². The Morgan fingerprint density at radius 3 is 2.41 bits per heavy atom. The summed E-state index contributed by atoms with van der Waals surface area (Å²) in [6.07, 6.45) is 1.42. The highest BCUT2D eigenvalue weighted by Gasteiger charge is 2.25. The molecule has 2 aromatic rings. The number of nitrogens with zero attached hydrogens (tertiary/aromatic N) is 1. The van der Waals surface area contributed by atoms with Crippen molar-refractivity contribution in [3.05, 3.63) is 56.0 Å². The molecule has 12 heteroatoms. The molecule has 2 rings (SSSR count). The summed E-state index contributed by atoms with van der Waals surface area (Å²) in [5.74, 6) is -0.991. The number of carbonyl (C=O) groups excluding carboxylic acids is 3. The predicted octanol–water partition coefficient (Wildman–Crippen LogP) is 5.00. The van der Waals surface area contributed by atoms with E-state index in [0.717, 1.165) is 0 Å². The fourth-order valence-electron chi connectivity index (χ4n) is 3.04. The zero-order valence-corrected chi connectivity index (χ0v) is 23.9. The van der Waals surface area contributed by atoms with E-state index in [4.69, 9.17) is 37.4 Å². The summed E-state index contributed by atoms with van der Waals surface area (Å²) >= 11 is 15.3. The lowest BCUT2D eigenvalue weighted by Gasteiger charge is -2.20. The summed E-state index contributed by atoms with van der Waals surface area (Å²) in [6.45, 7) is 7.43. The Morgan fingerprint density at radius 2 is 1.78 bits per heavy atom. The van der Waals surface area contributed by atoms with Gasteiger partial charge in [-0.05, 0) is 71.6 Å². The Labute approximate surface area is 233 Å². The molecule has 0 spiro atoms. The van der Waals surface area contributed by atoms with Gasteiger partial charge >= 0.3 is 5.97 Å². The third-order valence-electron chi connectivity index (χ3n) is 4.78. The molecule has 0 aliphatic carbocycles. The number of rotatable bonds is 12. The van der Waals surface area contributed by atoms with Crippen LogP contribution in [0, 0.1) is 5.92 Å². The molecule has 0 heterocycles. The van der Waals surface area contributed by atoms with E-state index in [1.165, 1.54) is 24.4 Å². The van der Waals surface area contributed by atoms with Gasteiger partial charge in [0.15, 0.2) is 18.1 Å². The molecular weight excluding hydrogens is 589 g/mol. The molecule has 9 nitrogen and oxygen atoms in total. The number of esters is 1. The molecule has 2 N–H and O–H groups in total. The van der Waals surface area contributed by atoms with Crippen LogP contribution in [0.1, 0.15) is 43.6 Å². The van der Waals surface area contributed by atoms with Gasteiger partial charge in [-0.3, -0.25) is 9.59 Å². The molecule has 2 amide bonds. The molecule has 0 saturated carbocycles. The Bertz CT molecular complexity index is 1160. The number of hydrogen-bond acceptors (Lipinski definition) is 7. The van der Waals surface area contributed by atoms with Crippen molar-refractivity contribution in [2.75, 3.05) is 19.8 Å². The van der Waals surface area contributed by atoms with Crippen molar-refractivity contribution >= 4 is 63.1 Å². The molecule has 0 aliphatic heterocycles. The molecule has 0 bridgehead atoms. The normalized spacial score (nSPS) is 11.8. The quantitative estimate of drug-likeness (QED) is 0.197. The number of hydrogen-bond donors (Lipinski definition) is 2. The van der Waals surface area contributed by atoms with Crippen molar-refractivity contribution in [2.24, 2.45) is 11.0 Å². The van der Waals surface area contributed by atoms with Crippen LogP contribution in [-0.2, 0) is 14.3 Å². The number of nitrogens with one attached hydrogen (secondary N) is 2. The van der Waals surface area contributed by atoms with Crippen LogP contribution in [0.5, 0.6) is 11.5 Å². The zero-order chi connectivity index (χ0) is 27.5. The van der Waals surface area contributed by atoms with Crippen molar-refractivity contribution in [3.63, 3.8) is 0 Å². The first-order valence-corrected chi connectivity index (χ1v) is 13.0. The lowest BCUT2D eigenvalue weighted by Crippen LogP contribution is -2.48. The van der Waals surface area contributed by atoms with Crippen molar-refractivity contribution in [2.45, 2.75) is 33.7 Å². The van der Waals surface area contributed by atoms with Gasteiger partial charge in [0.1, 0.15) is 6.04 Å². The molecule has 0 saturated heterocycles. The predicted molar refractivity (Wildman–Crippen MR) is 146 cm³/mol. The maximum Gasteiger partial charge on any atom is 0.344 e. The fraction of sp³-hybridized carbons (Fsp3) is 0.360. The van der Waals surface area contributed by atoms with E-state index >= 15 is 0 Å². The van der Waals surface area contributed by atoms with Crippen LogP contribution in [-0.4, -0.2) is 49.9 Å². The first-order valence-electron chi connectivity index (χ1n) is 11.4. The van der Waals surface area contributed by atoms with E-state index in [0.29, 0.717) is 33.2 Å². The molecule has 200 valence electrons. The van der Waals surface area contributed by atoms with Crippen LogP contribution >= 0.6 is 39.1 Å². The first-order chi connectivity index (χ1) is 17.6. The maximum absolute atomic E-state index is 12.8. The van der Waals surface area contributed by atoms with Crippen LogP contribution in [0.15, 0.2) is 39.9 Å². The summed E-state index contributed by atoms with van der Waals surface area (Å²) in [5.41, 5.74) is 3.31. The highest BCUT2D eigenvalue weighted by molar-refractivity contribution is 9.10. The van der Waals surface area contributed by atoms with Gasteiger partial charge in [-0.2, -0.15) is 5.10 Å². The third-order valence-corrected chi connectivity index (χ3v) is 6.11. The minimum atomic E-state index is -0.858. The van der Waals surface area contributed by atoms with Gasteiger partial charge in [-0.15, -0.1) is 0 Å². The van der Waals surface area contributed by atoms with Crippen molar-refractivity contribution in [1.82, 2.24) is 10.7 Å². The van der Waals surface area contributed by atoms with E-state index in [2.05, 4.69) is 31.8 Å². The number of amides is 2. The molecule has 0 radical (unpaired) electrons. The lowest BCUT2D eigenvalue weighted by atomic mass is 10.0. The van der Waals surface area contributed by atoms with Gasteiger partial charge in [0.25, 0.3) is 11.8 Å². The molecule has 0 aliphatic rings. The van der Waals surface area contributed by atoms with E-state index in [1.54, 1.807) is 32.9 Å². The summed E-state index contributed by atoms with van der Waals surface area (Å²) in [5, 5.41) is 7.27. The third kappa shape index (κ3) is 9.21. The second-order valence-corrected chi connectivity index (χ2v) is 9.58. The molecule has 37 heavy (non-hydrogen) atoms. The highest BCUT2D eigenvalue weighted by Crippen LogP contribution is 2.36. The van der Waals surface area contributed by atoms with Crippen LogP contribution in [0.4, 0.5) is 0 Å². The number of halogens is 3. The summed E-state index contributed by atoms with van der Waals surface area (Å²) in [4.78, 5) is 37.0. The van der Waals surface area contributed by atoms with Crippen LogP contribution in [0.2, 0.25) is 10.0 Å². The standard InChI is InChI=1S/C25H28BrCl2N3O6/c1-5-35-20-10-15(9-17(26)23(20)37-13-21(32)36-6-2)12-29-31-25(34)22(14(3)4)30-24(33)16-7-8-18(27)19(28)11-16/h7-12,14,22H,5-6,13H2,1-4H3,(H,30,33)(H,31,34). The zero-order valence-electron chi connectivity index (χ0n) is 20.8. The number of hydrazone groups is 1. The average Bonchev–Trinajstić information content (AvgIpc) is 2.83. The van der Waals surface area contributed by atoms with E-state index in [1.807, 2.05) is 6.92 Å². The Kier molecular flexibility index (Phi) is 12.2. The number of benzene rings is 2. The number of carbonyl (C=O) groups is 3. The van der Waals surface area contributed by atoms with E-state index in [-0.39, 0.29) is 29.7 Å². The van der Waals surface area contributed by atoms with E-state index in [9.17, 15) is 14.4 Å². The SMILES string of the molecule is CCOC(=O)COc1c(Br)cc(C=NNC(=O)C(NC(=O)c2ccc(Cl)c(Cl)c2)C(C)C)cc1OCC. The Hall–Kier alpha value is -2.82. The summed E-state index contributed by atoms with van der Waals surface area (Å²) in [6, 6.07) is 6.94. The largest absolute Gasteiger partial charge is 0.490 e. The second-order valence-electron chi connectivity index (χ2n) is 7.91. The summed E-state index contributed by atoms with van der Waals surface area (Å²) < 4.78 is 16.6. The monoisotopic (exact) mass is 615 g/mol. The van der Waals surface area contributed by atoms with Gasteiger partial charge in [0.2, 0.25) is 0 Å². The summed E-state index contributed by atoms with van der Waals surface area (Å²) in [7, 11) is 0. The molecular formula is C25H28BrCl2N3O6. The molecule has 1 unspecified atom stereocenters. The Morgan fingerprint density at radius 1 is 1.05 bits per heavy atom. The fourth-order valence-corrected chi connectivity index (χ4v) is 3.91. The maximum atomic E-state index is 12.8. The van der Waals surface area contributed by atoms with Crippen LogP contribution in [0.3, 0.4) is 0 Å². The van der Waals surface area contributed by atoms with Gasteiger partial charge in [0.05, 0.1) is 33.9 Å². The molecule has 0 aromatic heterocycles. The number of ether oxygens (including phenoxy) is 3. The van der Waals surface area contributed by atoms with E-state index < -0.39 is 23.8 Å². The lowest BCUT2D eigenvalue weighted by molar-refractivity contribution is -0.145. The van der Waals surface area contributed by atoms with Gasteiger partial charge in [0, 0.05) is 5.56 Å². The first kappa shape index (κ1) is 30.4. The van der Waals surface area contributed by atoms with Gasteiger partial charge in [-0.1, -0.05) is 37.0 Å². The van der Waals surface area contributed by atoms with Crippen LogP contribution in [0.25, 0.3) is 0 Å².